The summed E-state index contributed by atoms with van der Waals surface area (Å²) in [6.07, 6.45) is -0.685. The van der Waals surface area contributed by atoms with Gasteiger partial charge in [-0.15, -0.1) is 0 Å². The highest BCUT2D eigenvalue weighted by Crippen LogP contribution is 2.11. The first-order chi connectivity index (χ1) is 9.02. The van der Waals surface area contributed by atoms with Crippen LogP contribution in [0.1, 0.15) is 12.5 Å². The SMILES string of the molecule is COc1cccc(CNC(=O)C(=O)NC[C@H](C)O)c1. The Morgan fingerprint density at radius 1 is 1.32 bits per heavy atom. The highest BCUT2D eigenvalue weighted by molar-refractivity contribution is 6.35. The number of methoxy groups -OCH3 is 1. The smallest absolute Gasteiger partial charge is 0.309 e. The molecular formula is C13H18N2O4. The molecular weight excluding hydrogens is 248 g/mol. The van der Waals surface area contributed by atoms with E-state index in [9.17, 15) is 9.59 Å². The average Bonchev–Trinajstić information content (AvgIpc) is 2.42. The van der Waals surface area contributed by atoms with Crippen LogP contribution in [0.4, 0.5) is 0 Å². The van der Waals surface area contributed by atoms with Crippen molar-refractivity contribution in [3.63, 3.8) is 0 Å². The molecule has 1 atom stereocenters. The number of amides is 2. The standard InChI is InChI=1S/C13H18N2O4/c1-9(16)7-14-12(17)13(18)15-8-10-4-3-5-11(6-10)19-2/h3-6,9,16H,7-8H2,1-2H3,(H,14,17)(H,15,18)/t9-/m0/s1. The number of hydrogen-bond acceptors (Lipinski definition) is 4. The molecule has 19 heavy (non-hydrogen) atoms. The Hall–Kier alpha value is -2.08. The molecule has 0 fully saturated rings. The van der Waals surface area contributed by atoms with Gasteiger partial charge in [-0.05, 0) is 24.6 Å². The summed E-state index contributed by atoms with van der Waals surface area (Å²) in [5, 5.41) is 13.8. The molecule has 0 radical (unpaired) electrons. The highest BCUT2D eigenvalue weighted by atomic mass is 16.5. The number of aliphatic hydroxyl groups is 1. The second-order valence-electron chi connectivity index (χ2n) is 4.09. The number of carbonyl (C=O) groups excluding carboxylic acids is 2. The fourth-order valence-corrected chi connectivity index (χ4v) is 1.37. The van der Waals surface area contributed by atoms with E-state index >= 15 is 0 Å². The second-order valence-corrected chi connectivity index (χ2v) is 4.09. The van der Waals surface area contributed by atoms with E-state index in [0.717, 1.165) is 5.56 Å². The van der Waals surface area contributed by atoms with Crippen LogP contribution in [0.3, 0.4) is 0 Å². The van der Waals surface area contributed by atoms with Crippen LogP contribution >= 0.6 is 0 Å². The van der Waals surface area contributed by atoms with Crippen LogP contribution in [0.25, 0.3) is 0 Å². The van der Waals surface area contributed by atoms with Crippen LogP contribution in [-0.2, 0) is 16.1 Å². The van der Waals surface area contributed by atoms with Gasteiger partial charge in [-0.1, -0.05) is 12.1 Å². The number of carbonyl (C=O) groups is 2. The number of rotatable bonds is 5. The molecule has 0 aliphatic rings. The number of benzene rings is 1. The third kappa shape index (κ3) is 5.39. The Bertz CT molecular complexity index is 446. The van der Waals surface area contributed by atoms with Gasteiger partial charge in [0.05, 0.1) is 13.2 Å². The van der Waals surface area contributed by atoms with Gasteiger partial charge in [0.1, 0.15) is 5.75 Å². The zero-order chi connectivity index (χ0) is 14.3. The van der Waals surface area contributed by atoms with Gasteiger partial charge in [0.15, 0.2) is 0 Å². The molecule has 3 N–H and O–H groups in total. The van der Waals surface area contributed by atoms with Crippen LogP contribution in [-0.4, -0.2) is 36.7 Å². The van der Waals surface area contributed by atoms with E-state index in [0.29, 0.717) is 5.75 Å². The highest BCUT2D eigenvalue weighted by Gasteiger charge is 2.13. The molecule has 1 aromatic carbocycles. The molecule has 104 valence electrons. The molecule has 0 spiro atoms. The molecule has 0 aliphatic carbocycles. The molecule has 0 saturated carbocycles. The Balaban J connectivity index is 2.42. The number of ether oxygens (including phenoxy) is 1. The molecule has 2 amide bonds. The van der Waals surface area contributed by atoms with Gasteiger partial charge in [0.25, 0.3) is 0 Å². The van der Waals surface area contributed by atoms with Gasteiger partial charge in [0.2, 0.25) is 0 Å². The Kier molecular flexibility index (Phi) is 5.81. The van der Waals surface area contributed by atoms with Gasteiger partial charge >= 0.3 is 11.8 Å². The van der Waals surface area contributed by atoms with E-state index in [-0.39, 0.29) is 13.1 Å². The molecule has 0 saturated heterocycles. The lowest BCUT2D eigenvalue weighted by molar-refractivity contribution is -0.139. The van der Waals surface area contributed by atoms with Crippen molar-refractivity contribution in [2.75, 3.05) is 13.7 Å². The fourth-order valence-electron chi connectivity index (χ4n) is 1.37. The van der Waals surface area contributed by atoms with Crippen LogP contribution in [0.5, 0.6) is 5.75 Å². The molecule has 0 aromatic heterocycles. The van der Waals surface area contributed by atoms with Crippen LogP contribution < -0.4 is 15.4 Å². The first-order valence-electron chi connectivity index (χ1n) is 5.90. The molecule has 1 aromatic rings. The summed E-state index contributed by atoms with van der Waals surface area (Å²) >= 11 is 0. The quantitative estimate of drug-likeness (QED) is 0.645. The summed E-state index contributed by atoms with van der Waals surface area (Å²) in [5.74, 6) is -0.808. The van der Waals surface area contributed by atoms with Crippen molar-refractivity contribution in [2.45, 2.75) is 19.6 Å². The molecule has 0 bridgehead atoms. The second kappa shape index (κ2) is 7.38. The Morgan fingerprint density at radius 3 is 2.63 bits per heavy atom. The summed E-state index contributed by atoms with van der Waals surface area (Å²) in [7, 11) is 1.56. The molecule has 0 unspecified atom stereocenters. The van der Waals surface area contributed by atoms with Gasteiger partial charge in [0, 0.05) is 13.1 Å². The molecule has 6 heteroatoms. The lowest BCUT2D eigenvalue weighted by atomic mass is 10.2. The van der Waals surface area contributed by atoms with E-state index in [1.54, 1.807) is 25.3 Å². The first-order valence-corrected chi connectivity index (χ1v) is 5.90. The van der Waals surface area contributed by atoms with E-state index < -0.39 is 17.9 Å². The number of hydrogen-bond donors (Lipinski definition) is 3. The average molecular weight is 266 g/mol. The zero-order valence-corrected chi connectivity index (χ0v) is 11.0. The maximum Gasteiger partial charge on any atom is 0.309 e. The lowest BCUT2D eigenvalue weighted by Gasteiger charge is -2.08. The number of nitrogens with one attached hydrogen (secondary N) is 2. The molecule has 6 nitrogen and oxygen atoms in total. The summed E-state index contributed by atoms with van der Waals surface area (Å²) in [4.78, 5) is 22.8. The van der Waals surface area contributed by atoms with Gasteiger partial charge in [-0.25, -0.2) is 0 Å². The summed E-state index contributed by atoms with van der Waals surface area (Å²) in [6.45, 7) is 1.80. The summed E-state index contributed by atoms with van der Waals surface area (Å²) in [5.41, 5.74) is 0.830. The Labute approximate surface area is 111 Å². The summed E-state index contributed by atoms with van der Waals surface area (Å²) < 4.78 is 5.05. The normalized spacial score (nSPS) is 11.5. The van der Waals surface area contributed by atoms with Crippen molar-refractivity contribution < 1.29 is 19.4 Å². The van der Waals surface area contributed by atoms with Crippen LogP contribution in [0.2, 0.25) is 0 Å². The van der Waals surface area contributed by atoms with E-state index in [4.69, 9.17) is 9.84 Å². The van der Waals surface area contributed by atoms with E-state index in [1.165, 1.54) is 6.92 Å². The van der Waals surface area contributed by atoms with Crippen molar-refractivity contribution in [1.29, 1.82) is 0 Å². The summed E-state index contributed by atoms with van der Waals surface area (Å²) in [6, 6.07) is 7.18. The lowest BCUT2D eigenvalue weighted by Crippen LogP contribution is -2.42. The number of aliphatic hydroxyl groups excluding tert-OH is 1. The van der Waals surface area contributed by atoms with Gasteiger partial charge < -0.3 is 20.5 Å². The van der Waals surface area contributed by atoms with E-state index in [1.807, 2.05) is 6.07 Å². The maximum atomic E-state index is 11.4. The van der Waals surface area contributed by atoms with Gasteiger partial charge in [-0.2, -0.15) is 0 Å². The van der Waals surface area contributed by atoms with Crippen molar-refractivity contribution in [3.05, 3.63) is 29.8 Å². The zero-order valence-electron chi connectivity index (χ0n) is 11.0. The molecule has 0 aliphatic heterocycles. The van der Waals surface area contributed by atoms with Crippen molar-refractivity contribution in [3.8, 4) is 5.75 Å². The van der Waals surface area contributed by atoms with Crippen molar-refractivity contribution in [2.24, 2.45) is 0 Å². The minimum Gasteiger partial charge on any atom is -0.497 e. The minimum absolute atomic E-state index is 0.0470. The van der Waals surface area contributed by atoms with Crippen LogP contribution in [0, 0.1) is 0 Å². The molecule has 1 rings (SSSR count). The Morgan fingerprint density at radius 2 is 2.00 bits per heavy atom. The predicted octanol–water partition coefficient (Wildman–Crippen LogP) is -0.192. The predicted molar refractivity (Wildman–Crippen MR) is 69.5 cm³/mol. The topological polar surface area (TPSA) is 87.7 Å². The van der Waals surface area contributed by atoms with Crippen molar-refractivity contribution >= 4 is 11.8 Å². The third-order valence-corrected chi connectivity index (χ3v) is 2.35. The van der Waals surface area contributed by atoms with Crippen LogP contribution in [0.15, 0.2) is 24.3 Å². The fraction of sp³-hybridized carbons (Fsp3) is 0.385. The van der Waals surface area contributed by atoms with Crippen molar-refractivity contribution in [1.82, 2.24) is 10.6 Å². The van der Waals surface area contributed by atoms with E-state index in [2.05, 4.69) is 10.6 Å². The monoisotopic (exact) mass is 266 g/mol. The largest absolute Gasteiger partial charge is 0.497 e. The third-order valence-electron chi connectivity index (χ3n) is 2.35. The first kappa shape index (κ1) is 15.0. The minimum atomic E-state index is -0.760. The molecule has 0 heterocycles. The van der Waals surface area contributed by atoms with Gasteiger partial charge in [-0.3, -0.25) is 9.59 Å². The maximum absolute atomic E-state index is 11.4.